The Bertz CT molecular complexity index is 778. The fraction of sp³-hybridized carbons (Fsp3) is 0.458. The van der Waals surface area contributed by atoms with Crippen molar-refractivity contribution in [2.75, 3.05) is 26.7 Å². The standard InChI is InChI=1S/C24H32N4O2/c1-18(2)27(3)24(30)20-12-15-28(16-13-20)22(29)17-26-23(19-9-5-4-6-10-19)21-11-7-8-14-25-21/h4-11,14,18,20,23,26H,12-13,15-17H2,1-3H3. The molecular weight excluding hydrogens is 376 g/mol. The molecule has 2 amide bonds. The summed E-state index contributed by atoms with van der Waals surface area (Å²) in [6.07, 6.45) is 3.22. The van der Waals surface area contributed by atoms with Gasteiger partial charge in [-0.15, -0.1) is 0 Å². The van der Waals surface area contributed by atoms with Gasteiger partial charge in [-0.2, -0.15) is 0 Å². The van der Waals surface area contributed by atoms with Crippen LogP contribution in [0.4, 0.5) is 0 Å². The molecule has 30 heavy (non-hydrogen) atoms. The Labute approximate surface area is 179 Å². The summed E-state index contributed by atoms with van der Waals surface area (Å²) in [5.74, 6) is 0.268. The summed E-state index contributed by atoms with van der Waals surface area (Å²) in [4.78, 5) is 33.5. The second-order valence-corrected chi connectivity index (χ2v) is 8.18. The van der Waals surface area contributed by atoms with Crippen molar-refractivity contribution in [3.63, 3.8) is 0 Å². The summed E-state index contributed by atoms with van der Waals surface area (Å²) in [6.45, 7) is 5.53. The Morgan fingerprint density at radius 3 is 2.37 bits per heavy atom. The van der Waals surface area contributed by atoms with E-state index in [0.29, 0.717) is 13.1 Å². The fourth-order valence-electron chi connectivity index (χ4n) is 3.80. The number of nitrogens with zero attached hydrogens (tertiary/aromatic N) is 3. The van der Waals surface area contributed by atoms with E-state index in [1.807, 2.05) is 74.3 Å². The molecule has 1 aromatic carbocycles. The van der Waals surface area contributed by atoms with Gasteiger partial charge in [-0.1, -0.05) is 36.4 Å². The molecule has 1 fully saturated rings. The van der Waals surface area contributed by atoms with Gasteiger partial charge in [0.15, 0.2) is 0 Å². The number of aromatic nitrogens is 1. The number of carbonyl (C=O) groups is 2. The largest absolute Gasteiger partial charge is 0.343 e. The van der Waals surface area contributed by atoms with E-state index >= 15 is 0 Å². The highest BCUT2D eigenvalue weighted by Crippen LogP contribution is 2.22. The molecule has 1 aliphatic rings. The molecule has 1 unspecified atom stereocenters. The van der Waals surface area contributed by atoms with Crippen LogP contribution in [-0.2, 0) is 9.59 Å². The Hall–Kier alpha value is -2.73. The average Bonchev–Trinajstić information content (AvgIpc) is 2.79. The minimum Gasteiger partial charge on any atom is -0.343 e. The van der Waals surface area contributed by atoms with Gasteiger partial charge in [-0.25, -0.2) is 0 Å². The highest BCUT2D eigenvalue weighted by molar-refractivity contribution is 5.81. The van der Waals surface area contributed by atoms with Crippen molar-refractivity contribution in [3.05, 3.63) is 66.0 Å². The van der Waals surface area contributed by atoms with Crippen molar-refractivity contribution in [1.29, 1.82) is 0 Å². The molecule has 2 aromatic rings. The molecular formula is C24H32N4O2. The van der Waals surface area contributed by atoms with Crippen LogP contribution in [0.2, 0.25) is 0 Å². The van der Waals surface area contributed by atoms with Gasteiger partial charge >= 0.3 is 0 Å². The summed E-state index contributed by atoms with van der Waals surface area (Å²) in [5.41, 5.74) is 1.96. The molecule has 0 saturated carbocycles. The fourth-order valence-corrected chi connectivity index (χ4v) is 3.80. The van der Waals surface area contributed by atoms with Crippen LogP contribution >= 0.6 is 0 Å². The Morgan fingerprint density at radius 1 is 1.10 bits per heavy atom. The van der Waals surface area contributed by atoms with Crippen LogP contribution in [0.5, 0.6) is 0 Å². The van der Waals surface area contributed by atoms with Crippen molar-refractivity contribution in [1.82, 2.24) is 20.1 Å². The zero-order valence-corrected chi connectivity index (χ0v) is 18.1. The van der Waals surface area contributed by atoms with Crippen LogP contribution in [-0.4, -0.2) is 59.3 Å². The quantitative estimate of drug-likeness (QED) is 0.765. The molecule has 1 N–H and O–H groups in total. The van der Waals surface area contributed by atoms with E-state index in [1.165, 1.54) is 0 Å². The van der Waals surface area contributed by atoms with E-state index in [-0.39, 0.29) is 36.4 Å². The number of carbonyl (C=O) groups excluding carboxylic acids is 2. The monoisotopic (exact) mass is 408 g/mol. The Balaban J connectivity index is 1.57. The number of hydrogen-bond donors (Lipinski definition) is 1. The summed E-state index contributed by atoms with van der Waals surface area (Å²) in [7, 11) is 1.86. The van der Waals surface area contributed by atoms with Crippen LogP contribution in [0.25, 0.3) is 0 Å². The summed E-state index contributed by atoms with van der Waals surface area (Å²) < 4.78 is 0. The van der Waals surface area contributed by atoms with Gasteiger partial charge < -0.3 is 9.80 Å². The first-order valence-corrected chi connectivity index (χ1v) is 10.7. The zero-order chi connectivity index (χ0) is 21.5. The molecule has 0 spiro atoms. The first kappa shape index (κ1) is 22.0. The van der Waals surface area contributed by atoms with Gasteiger partial charge in [0.25, 0.3) is 0 Å². The van der Waals surface area contributed by atoms with Gasteiger partial charge in [0, 0.05) is 38.3 Å². The number of pyridine rings is 1. The van der Waals surface area contributed by atoms with E-state index in [2.05, 4.69) is 10.3 Å². The third-order valence-electron chi connectivity index (χ3n) is 5.89. The summed E-state index contributed by atoms with van der Waals surface area (Å²) in [6, 6.07) is 15.9. The molecule has 6 nitrogen and oxygen atoms in total. The third-order valence-corrected chi connectivity index (χ3v) is 5.89. The first-order chi connectivity index (χ1) is 14.5. The lowest BCUT2D eigenvalue weighted by molar-refractivity contribution is -0.140. The van der Waals surface area contributed by atoms with E-state index in [0.717, 1.165) is 24.1 Å². The smallest absolute Gasteiger partial charge is 0.236 e. The van der Waals surface area contributed by atoms with E-state index in [1.54, 1.807) is 11.1 Å². The molecule has 1 aromatic heterocycles. The van der Waals surface area contributed by atoms with Crippen LogP contribution < -0.4 is 5.32 Å². The van der Waals surface area contributed by atoms with E-state index in [4.69, 9.17) is 0 Å². The second-order valence-electron chi connectivity index (χ2n) is 8.18. The van der Waals surface area contributed by atoms with Crippen molar-refractivity contribution in [2.24, 2.45) is 5.92 Å². The van der Waals surface area contributed by atoms with Gasteiger partial charge in [-0.3, -0.25) is 19.9 Å². The van der Waals surface area contributed by atoms with Gasteiger partial charge in [0.2, 0.25) is 11.8 Å². The number of benzene rings is 1. The van der Waals surface area contributed by atoms with Gasteiger partial charge in [-0.05, 0) is 44.4 Å². The number of nitrogens with one attached hydrogen (secondary N) is 1. The SMILES string of the molecule is CC(C)N(C)C(=O)C1CCN(C(=O)CNC(c2ccccc2)c2ccccn2)CC1. The minimum absolute atomic E-state index is 0.0139. The van der Waals surface area contributed by atoms with E-state index < -0.39 is 0 Å². The maximum atomic E-state index is 12.8. The van der Waals surface area contributed by atoms with Crippen molar-refractivity contribution >= 4 is 11.8 Å². The second kappa shape index (κ2) is 10.3. The molecule has 1 saturated heterocycles. The molecule has 0 bridgehead atoms. The minimum atomic E-state index is -0.143. The van der Waals surface area contributed by atoms with Crippen LogP contribution in [0.3, 0.4) is 0 Å². The summed E-state index contributed by atoms with van der Waals surface area (Å²) in [5, 5.41) is 3.39. The molecule has 2 heterocycles. The lowest BCUT2D eigenvalue weighted by Crippen LogP contribution is -2.47. The number of hydrogen-bond acceptors (Lipinski definition) is 4. The highest BCUT2D eigenvalue weighted by atomic mass is 16.2. The van der Waals surface area contributed by atoms with Crippen molar-refractivity contribution in [2.45, 2.75) is 38.8 Å². The Morgan fingerprint density at radius 2 is 1.77 bits per heavy atom. The summed E-state index contributed by atoms with van der Waals surface area (Å²) >= 11 is 0. The maximum absolute atomic E-state index is 12.8. The van der Waals surface area contributed by atoms with Gasteiger partial charge in [0.05, 0.1) is 18.3 Å². The zero-order valence-electron chi connectivity index (χ0n) is 18.1. The lowest BCUT2D eigenvalue weighted by atomic mass is 9.95. The Kier molecular flexibility index (Phi) is 7.57. The third kappa shape index (κ3) is 5.45. The number of piperidine rings is 1. The van der Waals surface area contributed by atoms with Crippen LogP contribution in [0.1, 0.15) is 44.0 Å². The van der Waals surface area contributed by atoms with Crippen molar-refractivity contribution in [3.8, 4) is 0 Å². The number of amides is 2. The molecule has 1 atom stereocenters. The average molecular weight is 409 g/mol. The van der Waals surface area contributed by atoms with Crippen LogP contribution in [0.15, 0.2) is 54.7 Å². The number of rotatable bonds is 7. The highest BCUT2D eigenvalue weighted by Gasteiger charge is 2.30. The topological polar surface area (TPSA) is 65.5 Å². The lowest BCUT2D eigenvalue weighted by Gasteiger charge is -2.34. The first-order valence-electron chi connectivity index (χ1n) is 10.7. The van der Waals surface area contributed by atoms with E-state index in [9.17, 15) is 9.59 Å². The van der Waals surface area contributed by atoms with Crippen molar-refractivity contribution < 1.29 is 9.59 Å². The predicted octanol–water partition coefficient (Wildman–Crippen LogP) is 2.87. The molecule has 0 aliphatic carbocycles. The normalized spacial score (nSPS) is 15.8. The molecule has 160 valence electrons. The van der Waals surface area contributed by atoms with Crippen LogP contribution in [0, 0.1) is 5.92 Å². The molecule has 6 heteroatoms. The predicted molar refractivity (Wildman–Crippen MR) is 118 cm³/mol. The van der Waals surface area contributed by atoms with Gasteiger partial charge in [0.1, 0.15) is 0 Å². The number of likely N-dealkylation sites (tertiary alicyclic amines) is 1. The maximum Gasteiger partial charge on any atom is 0.236 e. The molecule has 1 aliphatic heterocycles. The molecule has 0 radical (unpaired) electrons. The molecule has 3 rings (SSSR count).